The third-order valence-corrected chi connectivity index (χ3v) is 3.73. The second kappa shape index (κ2) is 8.11. The van der Waals surface area contributed by atoms with Crippen LogP contribution in [0.25, 0.3) is 0 Å². The van der Waals surface area contributed by atoms with E-state index in [1.54, 1.807) is 0 Å². The van der Waals surface area contributed by atoms with Crippen LogP contribution in [0.5, 0.6) is 5.75 Å². The van der Waals surface area contributed by atoms with E-state index in [9.17, 15) is 4.79 Å². The molecule has 1 heterocycles. The van der Waals surface area contributed by atoms with Gasteiger partial charge in [0, 0.05) is 5.69 Å². The molecule has 0 aliphatic rings. The zero-order valence-electron chi connectivity index (χ0n) is 14.7. The van der Waals surface area contributed by atoms with Gasteiger partial charge in [0.05, 0.1) is 24.7 Å². The molecule has 2 aromatic carbocycles. The number of rotatable bonds is 6. The highest BCUT2D eigenvalue weighted by Crippen LogP contribution is 2.26. The van der Waals surface area contributed by atoms with Gasteiger partial charge in [0.15, 0.2) is 0 Å². The minimum absolute atomic E-state index is 0.247. The molecule has 3 rings (SSSR count). The Labute approximate surface area is 152 Å². The second-order valence-corrected chi connectivity index (χ2v) is 5.61. The van der Waals surface area contributed by atoms with Crippen LogP contribution in [0.2, 0.25) is 0 Å². The summed E-state index contributed by atoms with van der Waals surface area (Å²) in [6.45, 7) is 4.44. The van der Waals surface area contributed by atoms with Gasteiger partial charge in [0.25, 0.3) is 5.91 Å². The van der Waals surface area contributed by atoms with E-state index in [0.717, 1.165) is 22.7 Å². The van der Waals surface area contributed by atoms with E-state index < -0.39 is 0 Å². The topological polar surface area (TPSA) is 76.1 Å². The maximum absolute atomic E-state index is 12.3. The first-order valence-corrected chi connectivity index (χ1v) is 8.35. The Morgan fingerprint density at radius 3 is 2.42 bits per heavy atom. The maximum Gasteiger partial charge on any atom is 0.275 e. The highest BCUT2D eigenvalue weighted by Gasteiger charge is 2.10. The predicted octanol–water partition coefficient (Wildman–Crippen LogP) is 4.18. The summed E-state index contributed by atoms with van der Waals surface area (Å²) in [5, 5.41) is 5.99. The van der Waals surface area contributed by atoms with Crippen LogP contribution < -0.4 is 15.4 Å². The number of carbonyl (C=O) groups is 1. The van der Waals surface area contributed by atoms with Crippen molar-refractivity contribution in [2.75, 3.05) is 17.2 Å². The first-order valence-electron chi connectivity index (χ1n) is 8.35. The molecular formula is C20H20N4O2. The number of carbonyl (C=O) groups excluding carboxylic acids is 1. The highest BCUT2D eigenvalue weighted by atomic mass is 16.5. The van der Waals surface area contributed by atoms with Crippen LogP contribution in [-0.4, -0.2) is 22.5 Å². The minimum Gasteiger partial charge on any atom is -0.492 e. The van der Waals surface area contributed by atoms with Crippen LogP contribution in [-0.2, 0) is 0 Å². The monoisotopic (exact) mass is 348 g/mol. The molecule has 2 N–H and O–H groups in total. The van der Waals surface area contributed by atoms with Crippen LogP contribution in [0.4, 0.5) is 17.2 Å². The third-order valence-electron chi connectivity index (χ3n) is 3.73. The summed E-state index contributed by atoms with van der Waals surface area (Å²) in [5.41, 5.74) is 2.78. The molecule has 0 aliphatic carbocycles. The Balaban J connectivity index is 1.71. The Kier molecular flexibility index (Phi) is 5.43. The zero-order chi connectivity index (χ0) is 18.4. The van der Waals surface area contributed by atoms with Crippen molar-refractivity contribution in [2.45, 2.75) is 13.8 Å². The van der Waals surface area contributed by atoms with Crippen molar-refractivity contribution in [3.63, 3.8) is 0 Å². The smallest absolute Gasteiger partial charge is 0.275 e. The average molecular weight is 348 g/mol. The van der Waals surface area contributed by atoms with Gasteiger partial charge in [-0.3, -0.25) is 4.79 Å². The van der Waals surface area contributed by atoms with E-state index in [0.29, 0.717) is 12.4 Å². The number of anilines is 3. The lowest BCUT2D eigenvalue weighted by Crippen LogP contribution is -2.15. The first kappa shape index (κ1) is 17.4. The van der Waals surface area contributed by atoms with Crippen LogP contribution in [0.1, 0.15) is 23.0 Å². The van der Waals surface area contributed by atoms with Crippen LogP contribution in [0.15, 0.2) is 60.9 Å². The van der Waals surface area contributed by atoms with Gasteiger partial charge in [-0.05, 0) is 37.6 Å². The first-order chi connectivity index (χ1) is 12.7. The molecule has 6 heteroatoms. The molecule has 26 heavy (non-hydrogen) atoms. The number of amides is 1. The number of nitrogens with zero attached hydrogens (tertiary/aromatic N) is 2. The largest absolute Gasteiger partial charge is 0.492 e. The lowest BCUT2D eigenvalue weighted by molar-refractivity contribution is 0.102. The van der Waals surface area contributed by atoms with Crippen molar-refractivity contribution in [3.05, 3.63) is 72.2 Å². The van der Waals surface area contributed by atoms with Gasteiger partial charge in [0.1, 0.15) is 17.3 Å². The van der Waals surface area contributed by atoms with Gasteiger partial charge in [0.2, 0.25) is 0 Å². The Morgan fingerprint density at radius 2 is 1.73 bits per heavy atom. The summed E-state index contributed by atoms with van der Waals surface area (Å²) >= 11 is 0. The lowest BCUT2D eigenvalue weighted by atomic mass is 10.2. The molecule has 1 aromatic heterocycles. The number of benzene rings is 2. The zero-order valence-corrected chi connectivity index (χ0v) is 14.7. The summed E-state index contributed by atoms with van der Waals surface area (Å²) in [6.07, 6.45) is 2.97. The van der Waals surface area contributed by atoms with Gasteiger partial charge < -0.3 is 15.4 Å². The SMILES string of the molecule is CCOc1ccccc1Nc1cnc(C(=O)Nc2ccccc2C)cn1. The van der Waals surface area contributed by atoms with E-state index >= 15 is 0 Å². The van der Waals surface area contributed by atoms with E-state index in [-0.39, 0.29) is 11.6 Å². The van der Waals surface area contributed by atoms with Crippen molar-refractivity contribution in [3.8, 4) is 5.75 Å². The quantitative estimate of drug-likeness (QED) is 0.699. The number of ether oxygens (including phenoxy) is 1. The van der Waals surface area contributed by atoms with Crippen molar-refractivity contribution >= 4 is 23.1 Å². The van der Waals surface area contributed by atoms with E-state index in [2.05, 4.69) is 20.6 Å². The van der Waals surface area contributed by atoms with Crippen LogP contribution in [0.3, 0.4) is 0 Å². The summed E-state index contributed by atoms with van der Waals surface area (Å²) in [5.74, 6) is 0.968. The molecular weight excluding hydrogens is 328 g/mol. The van der Waals surface area contributed by atoms with Crippen molar-refractivity contribution in [2.24, 2.45) is 0 Å². The molecule has 0 saturated carbocycles. The van der Waals surface area contributed by atoms with Crippen molar-refractivity contribution in [1.29, 1.82) is 0 Å². The fourth-order valence-corrected chi connectivity index (χ4v) is 2.40. The molecule has 0 saturated heterocycles. The molecule has 132 valence electrons. The molecule has 1 amide bonds. The van der Waals surface area contributed by atoms with Gasteiger partial charge in [-0.15, -0.1) is 0 Å². The van der Waals surface area contributed by atoms with Crippen molar-refractivity contribution in [1.82, 2.24) is 9.97 Å². The molecule has 0 radical (unpaired) electrons. The Hall–Kier alpha value is -3.41. The highest BCUT2D eigenvalue weighted by molar-refractivity contribution is 6.03. The summed E-state index contributed by atoms with van der Waals surface area (Å²) in [7, 11) is 0. The Morgan fingerprint density at radius 1 is 1.00 bits per heavy atom. The molecule has 0 aliphatic heterocycles. The molecule has 0 spiro atoms. The number of nitrogens with one attached hydrogen (secondary N) is 2. The number of para-hydroxylation sites is 3. The molecule has 0 unspecified atom stereocenters. The number of hydrogen-bond donors (Lipinski definition) is 2. The normalized spacial score (nSPS) is 10.2. The summed E-state index contributed by atoms with van der Waals surface area (Å²) < 4.78 is 5.57. The Bertz CT molecular complexity index is 894. The summed E-state index contributed by atoms with van der Waals surface area (Å²) in [6, 6.07) is 15.2. The molecule has 6 nitrogen and oxygen atoms in total. The molecule has 3 aromatic rings. The molecule has 0 fully saturated rings. The van der Waals surface area contributed by atoms with Crippen LogP contribution >= 0.6 is 0 Å². The fourth-order valence-electron chi connectivity index (χ4n) is 2.40. The van der Waals surface area contributed by atoms with E-state index in [1.165, 1.54) is 12.4 Å². The van der Waals surface area contributed by atoms with Gasteiger partial charge in [-0.2, -0.15) is 0 Å². The third kappa shape index (κ3) is 4.16. The second-order valence-electron chi connectivity index (χ2n) is 5.61. The number of aromatic nitrogens is 2. The van der Waals surface area contributed by atoms with E-state index in [4.69, 9.17) is 4.74 Å². The standard InChI is InChI=1S/C20H20N4O2/c1-3-26-18-11-7-6-10-16(18)23-19-13-21-17(12-22-19)20(25)24-15-9-5-4-8-14(15)2/h4-13H,3H2,1-2H3,(H,22,23)(H,24,25). The maximum atomic E-state index is 12.3. The number of aryl methyl sites for hydroxylation is 1. The number of hydrogen-bond acceptors (Lipinski definition) is 5. The predicted molar refractivity (Wildman–Crippen MR) is 102 cm³/mol. The summed E-state index contributed by atoms with van der Waals surface area (Å²) in [4.78, 5) is 20.8. The van der Waals surface area contributed by atoms with Gasteiger partial charge in [-0.25, -0.2) is 9.97 Å². The fraction of sp³-hybridized carbons (Fsp3) is 0.150. The van der Waals surface area contributed by atoms with E-state index in [1.807, 2.05) is 62.4 Å². The molecule has 0 atom stereocenters. The van der Waals surface area contributed by atoms with Crippen LogP contribution in [0, 0.1) is 6.92 Å². The minimum atomic E-state index is -0.298. The average Bonchev–Trinajstić information content (AvgIpc) is 2.66. The van der Waals surface area contributed by atoms with Gasteiger partial charge in [-0.1, -0.05) is 30.3 Å². The lowest BCUT2D eigenvalue weighted by Gasteiger charge is -2.11. The molecule has 0 bridgehead atoms. The van der Waals surface area contributed by atoms with Gasteiger partial charge >= 0.3 is 0 Å². The van der Waals surface area contributed by atoms with Crippen molar-refractivity contribution < 1.29 is 9.53 Å².